The maximum Gasteiger partial charge on any atom is 0.416 e. The number of piperidine rings is 1. The second kappa shape index (κ2) is 7.23. The highest BCUT2D eigenvalue weighted by Crippen LogP contribution is 2.37. The van der Waals surface area contributed by atoms with Crippen LogP contribution in [0, 0.1) is 0 Å². The van der Waals surface area contributed by atoms with Crippen molar-refractivity contribution >= 4 is 11.6 Å². The molecule has 4 nitrogen and oxygen atoms in total. The molecular formula is C20H21F3N2O2. The van der Waals surface area contributed by atoms with Crippen LogP contribution in [0.3, 0.4) is 0 Å². The van der Waals surface area contributed by atoms with Gasteiger partial charge in [-0.15, -0.1) is 0 Å². The lowest BCUT2D eigenvalue weighted by Gasteiger charge is -2.38. The second-order valence-corrected chi connectivity index (χ2v) is 6.73. The van der Waals surface area contributed by atoms with Crippen LogP contribution in [0.5, 0.6) is 0 Å². The number of carbonyl (C=O) groups is 1. The summed E-state index contributed by atoms with van der Waals surface area (Å²) in [6.45, 7) is 0.554. The molecule has 2 aromatic rings. The van der Waals surface area contributed by atoms with Crippen molar-refractivity contribution in [3.05, 3.63) is 65.2 Å². The van der Waals surface area contributed by atoms with Crippen LogP contribution in [0.25, 0.3) is 0 Å². The standard InChI is InChI=1S/C20H21F3N2O2/c1-24-17-7-5-14(6-8-17)18(26)25-11-9-19(27,10-12-25)15-3-2-4-16(13-15)20(21,22)23/h2-8,13,24,27H,9-12H2,1H3. The first kappa shape index (κ1) is 19.2. The van der Waals surface area contributed by atoms with E-state index in [1.54, 1.807) is 36.2 Å². The van der Waals surface area contributed by atoms with Crippen LogP contribution < -0.4 is 5.32 Å². The summed E-state index contributed by atoms with van der Waals surface area (Å²) in [6.07, 6.45) is -4.08. The molecule has 0 unspecified atom stereocenters. The molecule has 2 N–H and O–H groups in total. The Balaban J connectivity index is 1.71. The van der Waals surface area contributed by atoms with Gasteiger partial charge in [-0.25, -0.2) is 0 Å². The third-order valence-electron chi connectivity index (χ3n) is 5.03. The van der Waals surface area contributed by atoms with Gasteiger partial charge in [0.15, 0.2) is 0 Å². The number of amides is 1. The zero-order valence-corrected chi connectivity index (χ0v) is 14.9. The smallest absolute Gasteiger partial charge is 0.388 e. The Labute approximate surface area is 155 Å². The zero-order chi connectivity index (χ0) is 19.7. The summed E-state index contributed by atoms with van der Waals surface area (Å²) >= 11 is 0. The number of hydrogen-bond donors (Lipinski definition) is 2. The van der Waals surface area contributed by atoms with E-state index in [-0.39, 0.29) is 37.4 Å². The largest absolute Gasteiger partial charge is 0.416 e. The molecule has 0 radical (unpaired) electrons. The summed E-state index contributed by atoms with van der Waals surface area (Å²) in [4.78, 5) is 14.2. The normalized spacial score (nSPS) is 16.9. The SMILES string of the molecule is CNc1ccc(C(=O)N2CCC(O)(c3cccc(C(F)(F)F)c3)CC2)cc1. The maximum atomic E-state index is 12.9. The van der Waals surface area contributed by atoms with Gasteiger partial charge < -0.3 is 15.3 Å². The average molecular weight is 378 g/mol. The summed E-state index contributed by atoms with van der Waals surface area (Å²) in [6, 6.07) is 11.8. The summed E-state index contributed by atoms with van der Waals surface area (Å²) in [5.41, 5.74) is -0.476. The van der Waals surface area contributed by atoms with Crippen LogP contribution >= 0.6 is 0 Å². The van der Waals surface area contributed by atoms with Gasteiger partial charge in [0.05, 0.1) is 11.2 Å². The molecular weight excluding hydrogens is 357 g/mol. The van der Waals surface area contributed by atoms with E-state index in [4.69, 9.17) is 0 Å². The Bertz CT molecular complexity index is 811. The van der Waals surface area contributed by atoms with E-state index in [9.17, 15) is 23.1 Å². The first-order valence-electron chi connectivity index (χ1n) is 8.70. The molecule has 144 valence electrons. The van der Waals surface area contributed by atoms with Crippen molar-refractivity contribution in [2.45, 2.75) is 24.6 Å². The van der Waals surface area contributed by atoms with E-state index >= 15 is 0 Å². The van der Waals surface area contributed by atoms with Crippen LogP contribution in [0.2, 0.25) is 0 Å². The summed E-state index contributed by atoms with van der Waals surface area (Å²) in [5, 5.41) is 13.8. The lowest BCUT2D eigenvalue weighted by molar-refractivity contribution is -0.137. The van der Waals surface area contributed by atoms with Gasteiger partial charge in [-0.05, 0) is 54.8 Å². The Hall–Kier alpha value is -2.54. The topological polar surface area (TPSA) is 52.6 Å². The van der Waals surface area contributed by atoms with Gasteiger partial charge >= 0.3 is 6.18 Å². The highest BCUT2D eigenvalue weighted by molar-refractivity contribution is 5.94. The van der Waals surface area contributed by atoms with Gasteiger partial charge in [0, 0.05) is 31.4 Å². The summed E-state index contributed by atoms with van der Waals surface area (Å²) in [7, 11) is 1.79. The Morgan fingerprint density at radius 2 is 1.74 bits per heavy atom. The molecule has 1 aliphatic rings. The monoisotopic (exact) mass is 378 g/mol. The molecule has 1 saturated heterocycles. The number of aliphatic hydroxyl groups is 1. The lowest BCUT2D eigenvalue weighted by Crippen LogP contribution is -2.45. The number of benzene rings is 2. The minimum absolute atomic E-state index is 0.149. The molecule has 0 spiro atoms. The third kappa shape index (κ3) is 4.08. The number of rotatable bonds is 3. The van der Waals surface area contributed by atoms with E-state index in [0.29, 0.717) is 5.56 Å². The van der Waals surface area contributed by atoms with Gasteiger partial charge in [0.2, 0.25) is 0 Å². The molecule has 0 aliphatic carbocycles. The van der Waals surface area contributed by atoms with E-state index in [0.717, 1.165) is 17.8 Å². The molecule has 1 amide bonds. The molecule has 27 heavy (non-hydrogen) atoms. The number of alkyl halides is 3. The van der Waals surface area contributed by atoms with Crippen LogP contribution in [-0.2, 0) is 11.8 Å². The minimum Gasteiger partial charge on any atom is -0.388 e. The quantitative estimate of drug-likeness (QED) is 0.853. The molecule has 1 fully saturated rings. The number of hydrogen-bond acceptors (Lipinski definition) is 3. The van der Waals surface area contributed by atoms with Crippen LogP contribution in [0.1, 0.15) is 34.3 Å². The van der Waals surface area contributed by atoms with Gasteiger partial charge in [-0.2, -0.15) is 13.2 Å². The fraction of sp³-hybridized carbons (Fsp3) is 0.350. The van der Waals surface area contributed by atoms with Crippen molar-refractivity contribution < 1.29 is 23.1 Å². The van der Waals surface area contributed by atoms with Crippen LogP contribution in [-0.4, -0.2) is 36.1 Å². The molecule has 0 bridgehead atoms. The average Bonchev–Trinajstić information content (AvgIpc) is 2.67. The molecule has 0 aromatic heterocycles. The van der Waals surface area contributed by atoms with E-state index in [2.05, 4.69) is 5.32 Å². The highest BCUT2D eigenvalue weighted by atomic mass is 19.4. The first-order chi connectivity index (χ1) is 12.7. The van der Waals surface area contributed by atoms with Crippen molar-refractivity contribution in [1.82, 2.24) is 4.90 Å². The van der Waals surface area contributed by atoms with Gasteiger partial charge in [0.1, 0.15) is 0 Å². The molecule has 1 heterocycles. The first-order valence-corrected chi connectivity index (χ1v) is 8.70. The zero-order valence-electron chi connectivity index (χ0n) is 14.9. The third-order valence-corrected chi connectivity index (χ3v) is 5.03. The van der Waals surface area contributed by atoms with Gasteiger partial charge in [0.25, 0.3) is 5.91 Å². The molecule has 0 saturated carbocycles. The van der Waals surface area contributed by atoms with Crippen LogP contribution in [0.15, 0.2) is 48.5 Å². The predicted octanol–water partition coefficient (Wildman–Crippen LogP) is 3.87. The van der Waals surface area contributed by atoms with Gasteiger partial charge in [-0.1, -0.05) is 12.1 Å². The van der Waals surface area contributed by atoms with Gasteiger partial charge in [-0.3, -0.25) is 4.79 Å². The number of nitrogens with one attached hydrogen (secondary N) is 1. The second-order valence-electron chi connectivity index (χ2n) is 6.73. The number of nitrogens with zero attached hydrogens (tertiary/aromatic N) is 1. The van der Waals surface area contributed by atoms with Crippen molar-refractivity contribution in [1.29, 1.82) is 0 Å². The van der Waals surface area contributed by atoms with E-state index in [1.165, 1.54) is 12.1 Å². The fourth-order valence-electron chi connectivity index (χ4n) is 3.32. The molecule has 3 rings (SSSR count). The Morgan fingerprint density at radius 3 is 2.30 bits per heavy atom. The highest BCUT2D eigenvalue weighted by Gasteiger charge is 2.38. The number of likely N-dealkylation sites (tertiary alicyclic amines) is 1. The number of carbonyl (C=O) groups excluding carboxylic acids is 1. The van der Waals surface area contributed by atoms with Crippen molar-refractivity contribution in [2.24, 2.45) is 0 Å². The van der Waals surface area contributed by atoms with E-state index in [1.807, 2.05) is 0 Å². The van der Waals surface area contributed by atoms with E-state index < -0.39 is 17.3 Å². The fourth-order valence-corrected chi connectivity index (χ4v) is 3.32. The minimum atomic E-state index is -4.46. The van der Waals surface area contributed by atoms with Crippen molar-refractivity contribution in [3.63, 3.8) is 0 Å². The summed E-state index contributed by atoms with van der Waals surface area (Å²) in [5.74, 6) is -0.149. The van der Waals surface area contributed by atoms with Crippen molar-refractivity contribution in [3.8, 4) is 0 Å². The summed E-state index contributed by atoms with van der Waals surface area (Å²) < 4.78 is 38.8. The predicted molar refractivity (Wildman–Crippen MR) is 96.5 cm³/mol. The lowest BCUT2D eigenvalue weighted by atomic mass is 9.83. The molecule has 7 heteroatoms. The molecule has 1 aliphatic heterocycles. The number of anilines is 1. The van der Waals surface area contributed by atoms with Crippen LogP contribution in [0.4, 0.5) is 18.9 Å². The Morgan fingerprint density at radius 1 is 1.11 bits per heavy atom. The Kier molecular flexibility index (Phi) is 5.15. The number of halogens is 3. The van der Waals surface area contributed by atoms with Crippen molar-refractivity contribution in [2.75, 3.05) is 25.5 Å². The molecule has 0 atom stereocenters. The molecule has 2 aromatic carbocycles. The maximum absolute atomic E-state index is 12.9.